The summed E-state index contributed by atoms with van der Waals surface area (Å²) in [6.45, 7) is 0. The largest absolute Gasteiger partial charge is 0.456 e. The van der Waals surface area contributed by atoms with Crippen LogP contribution < -0.4 is 16.0 Å². The zero-order valence-electron chi connectivity index (χ0n) is 30.9. The van der Waals surface area contributed by atoms with Crippen LogP contribution in [-0.4, -0.2) is 9.13 Å². The summed E-state index contributed by atoms with van der Waals surface area (Å²) in [6, 6.07) is 67.3. The molecule has 0 amide bonds. The summed E-state index contributed by atoms with van der Waals surface area (Å²) in [5, 5.41) is 18.7. The molecular weight excluding hydrogens is 699 g/mol. The van der Waals surface area contributed by atoms with Crippen molar-refractivity contribution < 1.29 is 4.42 Å². The highest BCUT2D eigenvalue weighted by atomic mass is 16.3. The maximum Gasteiger partial charge on any atom is 0.136 e. The number of para-hydroxylation sites is 3. The van der Waals surface area contributed by atoms with Crippen LogP contribution in [0.1, 0.15) is 35.2 Å². The van der Waals surface area contributed by atoms with E-state index in [2.05, 4.69) is 207 Å². The molecule has 4 heterocycles. The van der Waals surface area contributed by atoms with E-state index in [4.69, 9.17) is 4.42 Å². The van der Waals surface area contributed by atoms with Gasteiger partial charge < -0.3 is 13.6 Å². The summed E-state index contributed by atoms with van der Waals surface area (Å²) >= 11 is 0. The maximum atomic E-state index is 6.51. The van der Waals surface area contributed by atoms with Gasteiger partial charge in [-0.1, -0.05) is 127 Å². The fourth-order valence-corrected chi connectivity index (χ4v) is 9.27. The fraction of sp³-hybridized carbons (Fsp3) is 0.0588. The van der Waals surface area contributed by atoms with Crippen molar-refractivity contribution in [1.29, 1.82) is 0 Å². The molecule has 0 radical (unpaired) electrons. The molecule has 2 unspecified atom stereocenters. The highest BCUT2D eigenvalue weighted by Crippen LogP contribution is 2.44. The SMILES string of the molecule is c1ccc(C2NC(c3ccccc3)NC(c3cccc(-n4c5cc6c7ccccc7n(-c7ccccc7)c6cc5c5c6c(ccc54)oc4ccccc46)c3)N2)cc1. The molecule has 6 heteroatoms. The number of aromatic nitrogens is 2. The van der Waals surface area contributed by atoms with Gasteiger partial charge in [-0.3, -0.25) is 16.0 Å². The Balaban J connectivity index is 1.11. The number of fused-ring (bicyclic) bond motifs is 10. The Bertz CT molecular complexity index is 3240. The molecule has 0 spiro atoms. The number of nitrogens with zero attached hydrogens (tertiary/aromatic N) is 2. The number of rotatable bonds is 5. The molecule has 6 nitrogen and oxygen atoms in total. The Morgan fingerprint density at radius 2 is 0.877 bits per heavy atom. The van der Waals surface area contributed by atoms with Gasteiger partial charge in [0.1, 0.15) is 11.2 Å². The second kappa shape index (κ2) is 12.8. The Morgan fingerprint density at radius 3 is 1.61 bits per heavy atom. The first-order valence-corrected chi connectivity index (χ1v) is 19.6. The minimum absolute atomic E-state index is 0.0579. The van der Waals surface area contributed by atoms with Crippen molar-refractivity contribution in [2.24, 2.45) is 0 Å². The first-order valence-electron chi connectivity index (χ1n) is 19.6. The van der Waals surface area contributed by atoms with Gasteiger partial charge in [0.15, 0.2) is 0 Å². The first-order chi connectivity index (χ1) is 28.3. The van der Waals surface area contributed by atoms with Crippen molar-refractivity contribution >= 4 is 65.6 Å². The molecule has 57 heavy (non-hydrogen) atoms. The van der Waals surface area contributed by atoms with E-state index < -0.39 is 0 Å². The lowest BCUT2D eigenvalue weighted by molar-refractivity contribution is 0.203. The molecule has 1 aliphatic rings. The van der Waals surface area contributed by atoms with Gasteiger partial charge in [0.05, 0.1) is 40.6 Å². The van der Waals surface area contributed by atoms with Crippen LogP contribution in [0.5, 0.6) is 0 Å². The predicted octanol–water partition coefficient (Wildman–Crippen LogP) is 12.0. The molecule has 1 saturated heterocycles. The summed E-state index contributed by atoms with van der Waals surface area (Å²) in [5.74, 6) is 0. The Kier molecular flexibility index (Phi) is 7.25. The van der Waals surface area contributed by atoms with Crippen LogP contribution in [0.25, 0.3) is 76.9 Å². The molecule has 8 aromatic carbocycles. The molecule has 3 N–H and O–H groups in total. The van der Waals surface area contributed by atoms with Gasteiger partial charge in [0.25, 0.3) is 0 Å². The number of hydrogen-bond acceptors (Lipinski definition) is 4. The zero-order chi connectivity index (χ0) is 37.5. The van der Waals surface area contributed by atoms with Crippen LogP contribution in [-0.2, 0) is 0 Å². The number of nitrogens with one attached hydrogen (secondary N) is 3. The number of benzene rings is 8. The van der Waals surface area contributed by atoms with E-state index in [1.807, 2.05) is 6.07 Å². The Morgan fingerprint density at radius 1 is 0.333 bits per heavy atom. The van der Waals surface area contributed by atoms with Crippen molar-refractivity contribution in [2.75, 3.05) is 0 Å². The summed E-state index contributed by atoms with van der Waals surface area (Å²) in [6.07, 6.45) is -0.246. The quantitative estimate of drug-likeness (QED) is 0.165. The third-order valence-corrected chi connectivity index (χ3v) is 11.8. The molecule has 11 aromatic rings. The van der Waals surface area contributed by atoms with Crippen LogP contribution in [0.4, 0.5) is 0 Å². The van der Waals surface area contributed by atoms with Crippen molar-refractivity contribution in [3.8, 4) is 11.4 Å². The average Bonchev–Trinajstić information content (AvgIpc) is 3.93. The van der Waals surface area contributed by atoms with Gasteiger partial charge in [0, 0.05) is 43.7 Å². The molecule has 1 aliphatic heterocycles. The number of furan rings is 1. The van der Waals surface area contributed by atoms with Crippen molar-refractivity contribution in [2.45, 2.75) is 18.5 Å². The molecule has 3 aromatic heterocycles. The van der Waals surface area contributed by atoms with Gasteiger partial charge in [-0.2, -0.15) is 0 Å². The zero-order valence-corrected chi connectivity index (χ0v) is 30.9. The third-order valence-electron chi connectivity index (χ3n) is 11.8. The van der Waals surface area contributed by atoms with Crippen LogP contribution in [0.2, 0.25) is 0 Å². The van der Waals surface area contributed by atoms with Gasteiger partial charge in [-0.15, -0.1) is 0 Å². The summed E-state index contributed by atoms with van der Waals surface area (Å²) in [5.41, 5.74) is 12.2. The lowest BCUT2D eigenvalue weighted by Crippen LogP contribution is -2.54. The van der Waals surface area contributed by atoms with E-state index in [0.717, 1.165) is 49.9 Å². The van der Waals surface area contributed by atoms with Gasteiger partial charge in [-0.05, 0) is 77.4 Å². The number of hydrogen-bond donors (Lipinski definition) is 3. The van der Waals surface area contributed by atoms with E-state index in [1.54, 1.807) is 0 Å². The minimum atomic E-state index is -0.130. The first kappa shape index (κ1) is 32.3. The molecule has 0 saturated carbocycles. The van der Waals surface area contributed by atoms with Crippen molar-refractivity contribution in [1.82, 2.24) is 25.1 Å². The van der Waals surface area contributed by atoms with Crippen LogP contribution in [0, 0.1) is 0 Å². The van der Waals surface area contributed by atoms with Gasteiger partial charge in [-0.25, -0.2) is 0 Å². The second-order valence-electron chi connectivity index (χ2n) is 15.1. The Labute approximate surface area is 328 Å². The lowest BCUT2D eigenvalue weighted by atomic mass is 10.0. The summed E-state index contributed by atoms with van der Waals surface area (Å²) in [7, 11) is 0. The smallest absolute Gasteiger partial charge is 0.136 e. The summed E-state index contributed by atoms with van der Waals surface area (Å²) in [4.78, 5) is 0. The highest BCUT2D eigenvalue weighted by Gasteiger charge is 2.30. The van der Waals surface area contributed by atoms with E-state index >= 15 is 0 Å². The molecule has 1 fully saturated rings. The Hall–Kier alpha value is -6.96. The third kappa shape index (κ3) is 5.09. The van der Waals surface area contributed by atoms with Crippen molar-refractivity contribution in [3.05, 3.63) is 205 Å². The van der Waals surface area contributed by atoms with Crippen LogP contribution >= 0.6 is 0 Å². The molecule has 12 rings (SSSR count). The van der Waals surface area contributed by atoms with E-state index in [0.29, 0.717) is 0 Å². The van der Waals surface area contributed by atoms with Crippen LogP contribution in [0.3, 0.4) is 0 Å². The fourth-order valence-electron chi connectivity index (χ4n) is 9.27. The lowest BCUT2D eigenvalue weighted by Gasteiger charge is -2.39. The predicted molar refractivity (Wildman–Crippen MR) is 233 cm³/mol. The van der Waals surface area contributed by atoms with Crippen molar-refractivity contribution in [3.63, 3.8) is 0 Å². The maximum absolute atomic E-state index is 6.51. The molecule has 272 valence electrons. The topological polar surface area (TPSA) is 59.1 Å². The molecule has 2 atom stereocenters. The molecule has 0 bridgehead atoms. The minimum Gasteiger partial charge on any atom is -0.456 e. The summed E-state index contributed by atoms with van der Waals surface area (Å²) < 4.78 is 11.4. The van der Waals surface area contributed by atoms with E-state index in [-0.39, 0.29) is 18.5 Å². The van der Waals surface area contributed by atoms with E-state index in [9.17, 15) is 0 Å². The van der Waals surface area contributed by atoms with Gasteiger partial charge >= 0.3 is 0 Å². The standard InChI is InChI=1S/C51H37N5O/c1-4-15-32(16-5-1)49-52-50(33-17-6-2-7-18-33)54-51(53-49)34-19-14-22-36(29-34)56-42-27-28-46-48(38-24-11-13-26-45(38)57-46)47(42)40-31-43-39(30-44(40)56)37-23-10-12-25-41(37)55(43)35-20-8-3-9-21-35/h1-31,49-54H. The van der Waals surface area contributed by atoms with E-state index in [1.165, 1.54) is 43.7 Å². The average molecular weight is 736 g/mol. The molecular formula is C51H37N5O. The van der Waals surface area contributed by atoms with Crippen LogP contribution in [0.15, 0.2) is 192 Å². The molecule has 0 aliphatic carbocycles. The second-order valence-corrected chi connectivity index (χ2v) is 15.1. The highest BCUT2D eigenvalue weighted by molar-refractivity contribution is 6.29. The normalized spacial score (nSPS) is 17.4. The monoisotopic (exact) mass is 735 g/mol. The van der Waals surface area contributed by atoms with Gasteiger partial charge in [0.2, 0.25) is 0 Å².